The van der Waals surface area contributed by atoms with Crippen molar-refractivity contribution in [2.75, 3.05) is 0 Å². The molecule has 1 atom stereocenters. The van der Waals surface area contributed by atoms with E-state index in [1.165, 1.54) is 12.5 Å². The van der Waals surface area contributed by atoms with Gasteiger partial charge in [0.1, 0.15) is 23.1 Å². The summed E-state index contributed by atoms with van der Waals surface area (Å²) in [6.07, 6.45) is 5.01. The molecule has 9 nitrogen and oxygen atoms in total. The normalized spacial score (nSPS) is 11.8. The SMILES string of the molecule is Cc1ncc(C(=O)NC(CCc2ccco2)C(=O)C(N)=O)n1-c1ccccn1. The molecular formula is C19H19N5O4. The Kier molecular flexibility index (Phi) is 5.64. The van der Waals surface area contributed by atoms with Gasteiger partial charge in [0.05, 0.1) is 18.5 Å². The van der Waals surface area contributed by atoms with Crippen LogP contribution in [-0.4, -0.2) is 38.2 Å². The first-order valence-corrected chi connectivity index (χ1v) is 8.60. The summed E-state index contributed by atoms with van der Waals surface area (Å²) >= 11 is 0. The molecule has 0 aliphatic rings. The number of carbonyl (C=O) groups is 3. The number of pyridine rings is 1. The number of Topliss-reactive ketones (excluding diaryl/α,β-unsaturated/α-hetero) is 1. The van der Waals surface area contributed by atoms with Gasteiger partial charge in [-0.05, 0) is 37.6 Å². The molecular weight excluding hydrogens is 362 g/mol. The average Bonchev–Trinajstić information content (AvgIpc) is 3.34. The van der Waals surface area contributed by atoms with Crippen LogP contribution in [0.2, 0.25) is 0 Å². The number of nitrogens with one attached hydrogen (secondary N) is 1. The number of amides is 2. The predicted octanol–water partition coefficient (Wildman–Crippen LogP) is 0.954. The second-order valence-corrected chi connectivity index (χ2v) is 6.09. The fourth-order valence-corrected chi connectivity index (χ4v) is 2.79. The van der Waals surface area contributed by atoms with Gasteiger partial charge >= 0.3 is 0 Å². The Bertz CT molecular complexity index is 979. The van der Waals surface area contributed by atoms with Crippen LogP contribution in [-0.2, 0) is 16.0 Å². The van der Waals surface area contributed by atoms with Gasteiger partial charge in [0.15, 0.2) is 0 Å². The molecule has 3 rings (SSSR count). The summed E-state index contributed by atoms with van der Waals surface area (Å²) in [4.78, 5) is 44.8. The number of aromatic nitrogens is 3. The number of nitrogens with zero attached hydrogens (tertiary/aromatic N) is 3. The van der Waals surface area contributed by atoms with Gasteiger partial charge in [-0.15, -0.1) is 0 Å². The van der Waals surface area contributed by atoms with E-state index >= 15 is 0 Å². The lowest BCUT2D eigenvalue weighted by Crippen LogP contribution is -2.46. The maximum absolute atomic E-state index is 12.8. The van der Waals surface area contributed by atoms with Crippen LogP contribution in [0.1, 0.15) is 28.5 Å². The highest BCUT2D eigenvalue weighted by Crippen LogP contribution is 2.13. The van der Waals surface area contributed by atoms with E-state index in [0.29, 0.717) is 23.8 Å². The smallest absolute Gasteiger partial charge is 0.287 e. The maximum atomic E-state index is 12.8. The van der Waals surface area contributed by atoms with E-state index in [-0.39, 0.29) is 12.1 Å². The van der Waals surface area contributed by atoms with E-state index in [2.05, 4.69) is 15.3 Å². The van der Waals surface area contributed by atoms with Crippen molar-refractivity contribution >= 4 is 17.6 Å². The number of carbonyl (C=O) groups excluding carboxylic acids is 3. The first kappa shape index (κ1) is 19.0. The third-order valence-corrected chi connectivity index (χ3v) is 4.17. The zero-order valence-electron chi connectivity index (χ0n) is 15.2. The summed E-state index contributed by atoms with van der Waals surface area (Å²) in [6.45, 7) is 1.73. The molecule has 1 unspecified atom stereocenters. The number of ketones is 1. The molecule has 0 aromatic carbocycles. The fourth-order valence-electron chi connectivity index (χ4n) is 2.79. The Balaban J connectivity index is 1.82. The highest BCUT2D eigenvalue weighted by Gasteiger charge is 2.27. The van der Waals surface area contributed by atoms with E-state index in [9.17, 15) is 14.4 Å². The van der Waals surface area contributed by atoms with E-state index in [1.54, 1.807) is 48.0 Å². The molecule has 0 spiro atoms. The third kappa shape index (κ3) is 4.14. The Morgan fingerprint density at radius 2 is 2.04 bits per heavy atom. The van der Waals surface area contributed by atoms with Crippen molar-refractivity contribution < 1.29 is 18.8 Å². The van der Waals surface area contributed by atoms with Gasteiger partial charge in [-0.3, -0.25) is 19.0 Å². The number of nitrogens with two attached hydrogens (primary N) is 1. The molecule has 0 saturated heterocycles. The monoisotopic (exact) mass is 381 g/mol. The predicted molar refractivity (Wildman–Crippen MR) is 98.6 cm³/mol. The number of hydrogen-bond donors (Lipinski definition) is 2. The Labute approximate surface area is 160 Å². The molecule has 3 heterocycles. The third-order valence-electron chi connectivity index (χ3n) is 4.17. The van der Waals surface area contributed by atoms with E-state index < -0.39 is 23.6 Å². The molecule has 0 radical (unpaired) electrons. The van der Waals surface area contributed by atoms with Crippen LogP contribution in [0.15, 0.2) is 53.4 Å². The molecule has 3 aromatic rings. The molecule has 0 aliphatic carbocycles. The summed E-state index contributed by atoms with van der Waals surface area (Å²) < 4.78 is 6.79. The van der Waals surface area contributed by atoms with E-state index in [4.69, 9.17) is 10.2 Å². The van der Waals surface area contributed by atoms with Gasteiger partial charge in [-0.25, -0.2) is 9.97 Å². The summed E-state index contributed by atoms with van der Waals surface area (Å²) in [5, 5.41) is 2.58. The second-order valence-electron chi connectivity index (χ2n) is 6.09. The minimum absolute atomic E-state index is 0.164. The van der Waals surface area contributed by atoms with Crippen molar-refractivity contribution in [1.82, 2.24) is 19.9 Å². The van der Waals surface area contributed by atoms with Crippen LogP contribution in [0, 0.1) is 6.92 Å². The van der Waals surface area contributed by atoms with Crippen LogP contribution in [0.4, 0.5) is 0 Å². The Morgan fingerprint density at radius 3 is 2.68 bits per heavy atom. The van der Waals surface area contributed by atoms with Crippen LogP contribution in [0.3, 0.4) is 0 Å². The van der Waals surface area contributed by atoms with Gasteiger partial charge in [0, 0.05) is 12.6 Å². The molecule has 0 saturated carbocycles. The van der Waals surface area contributed by atoms with E-state index in [1.807, 2.05) is 0 Å². The van der Waals surface area contributed by atoms with Gasteiger partial charge in [-0.2, -0.15) is 0 Å². The lowest BCUT2D eigenvalue weighted by molar-refractivity contribution is -0.137. The highest BCUT2D eigenvalue weighted by molar-refractivity contribution is 6.37. The van der Waals surface area contributed by atoms with Crippen molar-refractivity contribution in [2.45, 2.75) is 25.8 Å². The molecule has 3 aromatic heterocycles. The number of hydrogen-bond acceptors (Lipinski definition) is 6. The number of furan rings is 1. The van der Waals surface area contributed by atoms with Gasteiger partial charge in [0.25, 0.3) is 11.8 Å². The number of imidazole rings is 1. The first-order chi connectivity index (χ1) is 13.5. The molecule has 28 heavy (non-hydrogen) atoms. The van der Waals surface area contributed by atoms with Crippen LogP contribution < -0.4 is 11.1 Å². The molecule has 0 bridgehead atoms. The highest BCUT2D eigenvalue weighted by atomic mass is 16.3. The van der Waals surface area contributed by atoms with Crippen LogP contribution in [0.25, 0.3) is 5.82 Å². The van der Waals surface area contributed by atoms with Gasteiger partial charge in [-0.1, -0.05) is 6.07 Å². The standard InChI is InChI=1S/C19H19N5O4/c1-12-22-11-15(24(12)16-6-2-3-9-21-16)19(27)23-14(17(25)18(20)26)8-7-13-5-4-10-28-13/h2-6,9-11,14H,7-8H2,1H3,(H2,20,26)(H,23,27). The Hall–Kier alpha value is -3.75. The van der Waals surface area contributed by atoms with Gasteiger partial charge in [0.2, 0.25) is 5.78 Å². The molecule has 144 valence electrons. The largest absolute Gasteiger partial charge is 0.469 e. The summed E-state index contributed by atoms with van der Waals surface area (Å²) in [5.41, 5.74) is 5.33. The maximum Gasteiger partial charge on any atom is 0.287 e. The number of rotatable bonds is 8. The molecule has 0 aliphatic heterocycles. The van der Waals surface area contributed by atoms with E-state index in [0.717, 1.165) is 0 Å². The second kappa shape index (κ2) is 8.30. The Morgan fingerprint density at radius 1 is 1.21 bits per heavy atom. The molecule has 0 fully saturated rings. The number of primary amides is 1. The minimum atomic E-state index is -1.11. The van der Waals surface area contributed by atoms with Crippen LogP contribution >= 0.6 is 0 Å². The van der Waals surface area contributed by atoms with Crippen molar-refractivity contribution in [1.29, 1.82) is 0 Å². The molecule has 9 heteroatoms. The lowest BCUT2D eigenvalue weighted by atomic mass is 10.0. The minimum Gasteiger partial charge on any atom is -0.469 e. The van der Waals surface area contributed by atoms with Crippen molar-refractivity contribution in [3.05, 3.63) is 66.3 Å². The van der Waals surface area contributed by atoms with Crippen molar-refractivity contribution in [3.63, 3.8) is 0 Å². The van der Waals surface area contributed by atoms with Crippen molar-refractivity contribution in [2.24, 2.45) is 5.73 Å². The topological polar surface area (TPSA) is 133 Å². The summed E-state index contributed by atoms with van der Waals surface area (Å²) in [5.74, 6) is -0.857. The lowest BCUT2D eigenvalue weighted by Gasteiger charge is -2.16. The average molecular weight is 381 g/mol. The number of aryl methyl sites for hydroxylation is 2. The van der Waals surface area contributed by atoms with Gasteiger partial charge < -0.3 is 15.5 Å². The zero-order chi connectivity index (χ0) is 20.1. The summed E-state index contributed by atoms with van der Waals surface area (Å²) in [7, 11) is 0. The fraction of sp³-hybridized carbons (Fsp3) is 0.211. The quantitative estimate of drug-likeness (QED) is 0.558. The first-order valence-electron chi connectivity index (χ1n) is 8.60. The molecule has 3 N–H and O–H groups in total. The molecule has 2 amide bonds. The van der Waals surface area contributed by atoms with Crippen LogP contribution in [0.5, 0.6) is 0 Å². The zero-order valence-corrected chi connectivity index (χ0v) is 15.2. The van der Waals surface area contributed by atoms with Crippen molar-refractivity contribution in [3.8, 4) is 5.82 Å². The summed E-state index contributed by atoms with van der Waals surface area (Å²) in [6, 6.07) is 7.65.